The third-order valence-electron chi connectivity index (χ3n) is 3.70. The quantitative estimate of drug-likeness (QED) is 0.636. The third kappa shape index (κ3) is 3.80. The predicted octanol–water partition coefficient (Wildman–Crippen LogP) is -0.934. The molecule has 112 valence electrons. The summed E-state index contributed by atoms with van der Waals surface area (Å²) in [4.78, 5) is 15.4. The Morgan fingerprint density at radius 2 is 1.78 bits per heavy atom. The van der Waals surface area contributed by atoms with Gasteiger partial charge in [0.2, 0.25) is 0 Å². The zero-order chi connectivity index (χ0) is 14.8. The molecule has 1 N–H and O–H groups in total. The summed E-state index contributed by atoms with van der Waals surface area (Å²) in [5, 5.41) is 7.62. The van der Waals surface area contributed by atoms with E-state index in [-0.39, 0.29) is 58.2 Å². The molecule has 0 aliphatic carbocycles. The number of fused-ring (bicyclic) bond motifs is 1. The number of imidazole rings is 1. The Morgan fingerprint density at radius 1 is 1.00 bits per heavy atom. The molecule has 1 saturated heterocycles. The molecule has 1 aliphatic rings. The number of piperazine rings is 1. The van der Waals surface area contributed by atoms with E-state index >= 15 is 0 Å². The molecule has 4 heterocycles. The van der Waals surface area contributed by atoms with Crippen LogP contribution in [0, 0.1) is 0 Å². The second kappa shape index (κ2) is 7.80. The first-order chi connectivity index (χ1) is 10.9. The Labute approximate surface area is 183 Å². The second-order valence-corrected chi connectivity index (χ2v) is 5.12. The molecule has 0 atom stereocenters. The zero-order valence-corrected chi connectivity index (χ0v) is 18.0. The maximum Gasteiger partial charge on any atom is 1.00 e. The van der Waals surface area contributed by atoms with Crippen LogP contribution in [0.4, 0.5) is 17.3 Å². The number of rotatable bonds is 3. The van der Waals surface area contributed by atoms with Gasteiger partial charge in [-0.3, -0.25) is 0 Å². The fourth-order valence-corrected chi connectivity index (χ4v) is 2.56. The monoisotopic (exact) mass is 379 g/mol. The van der Waals surface area contributed by atoms with Crippen molar-refractivity contribution in [3.63, 3.8) is 0 Å². The number of hydrogen-bond acceptors (Lipinski definition) is 5. The molecule has 7 nitrogen and oxygen atoms in total. The Hall–Kier alpha value is -0.865. The number of anilines is 3. The van der Waals surface area contributed by atoms with E-state index in [0.29, 0.717) is 0 Å². The maximum absolute atomic E-state index is 4.53. The molecule has 0 saturated carbocycles. The van der Waals surface area contributed by atoms with E-state index in [4.69, 9.17) is 0 Å². The Balaban J connectivity index is 0.00000156. The molecular weight excluding hydrogens is 364 g/mol. The molecule has 0 aromatic carbocycles. The minimum atomic E-state index is 0. The molecule has 3 aromatic rings. The smallest absolute Gasteiger partial charge is 0.659 e. The minimum Gasteiger partial charge on any atom is -0.659 e. The zero-order valence-electron chi connectivity index (χ0n) is 13.1. The van der Waals surface area contributed by atoms with Crippen LogP contribution in [0.1, 0.15) is 0 Å². The topological polar surface area (TPSA) is 72.5 Å². The molecule has 0 bridgehead atoms. The number of aromatic nitrogens is 4. The first-order valence-electron chi connectivity index (χ1n) is 7.29. The second-order valence-electron chi connectivity index (χ2n) is 5.12. The van der Waals surface area contributed by atoms with Crippen LogP contribution >= 0.6 is 0 Å². The number of nitrogens with one attached hydrogen (secondary N) is 1. The summed E-state index contributed by atoms with van der Waals surface area (Å²) < 4.78 is 1.92. The van der Waals surface area contributed by atoms with E-state index in [9.17, 15) is 0 Å². The van der Waals surface area contributed by atoms with Crippen molar-refractivity contribution in [1.82, 2.24) is 19.4 Å². The van der Waals surface area contributed by atoms with Crippen molar-refractivity contribution in [3.05, 3.63) is 48.4 Å². The fourth-order valence-electron chi connectivity index (χ4n) is 2.56. The van der Waals surface area contributed by atoms with Crippen molar-refractivity contribution in [3.8, 4) is 0 Å². The van der Waals surface area contributed by atoms with Crippen molar-refractivity contribution < 1.29 is 58.2 Å². The van der Waals surface area contributed by atoms with E-state index in [1.54, 1.807) is 12.4 Å². The molecule has 4 rings (SSSR count). The van der Waals surface area contributed by atoms with Gasteiger partial charge in [-0.2, -0.15) is 0 Å². The molecule has 1 aliphatic heterocycles. The molecule has 0 amide bonds. The van der Waals surface area contributed by atoms with Gasteiger partial charge in [-0.25, -0.2) is 15.0 Å². The van der Waals surface area contributed by atoms with E-state index in [0.717, 1.165) is 49.1 Å². The van der Waals surface area contributed by atoms with Crippen molar-refractivity contribution in [2.45, 2.75) is 0 Å². The third-order valence-corrected chi connectivity index (χ3v) is 3.70. The predicted molar refractivity (Wildman–Crippen MR) is 85.8 cm³/mol. The molecule has 23 heavy (non-hydrogen) atoms. The van der Waals surface area contributed by atoms with Gasteiger partial charge in [-0.15, -0.1) is 13.1 Å². The van der Waals surface area contributed by atoms with Crippen molar-refractivity contribution >= 4 is 23.0 Å². The Bertz CT molecular complexity index is 765. The van der Waals surface area contributed by atoms with Crippen molar-refractivity contribution in [2.24, 2.45) is 0 Å². The summed E-state index contributed by atoms with van der Waals surface area (Å²) in [5.74, 6) is 1.71. The normalized spacial score (nSPS) is 14.5. The van der Waals surface area contributed by atoms with E-state index in [2.05, 4.69) is 30.5 Å². The fraction of sp³-hybridized carbons (Fsp3) is 0.267. The largest absolute Gasteiger partial charge is 1.00 e. The number of pyridine rings is 1. The SMILES string of the molecule is [Rb+].c1cn2ccnc2c(Nc2ccc(N3CC[N-]CC3)nc2)n1. The average Bonchev–Trinajstić information content (AvgIpc) is 3.06. The molecular formula is C15H16N7Rb. The molecule has 0 spiro atoms. The summed E-state index contributed by atoms with van der Waals surface area (Å²) >= 11 is 0. The van der Waals surface area contributed by atoms with E-state index in [1.165, 1.54) is 0 Å². The molecule has 8 heteroatoms. The summed E-state index contributed by atoms with van der Waals surface area (Å²) in [6, 6.07) is 4.04. The van der Waals surface area contributed by atoms with E-state index in [1.807, 2.05) is 35.1 Å². The summed E-state index contributed by atoms with van der Waals surface area (Å²) in [7, 11) is 0. The van der Waals surface area contributed by atoms with Gasteiger partial charge in [-0.1, -0.05) is 0 Å². The molecule has 3 aromatic heterocycles. The van der Waals surface area contributed by atoms with Gasteiger partial charge in [-0.05, 0) is 12.1 Å². The van der Waals surface area contributed by atoms with Gasteiger partial charge >= 0.3 is 58.2 Å². The molecule has 0 unspecified atom stereocenters. The van der Waals surface area contributed by atoms with Crippen molar-refractivity contribution in [1.29, 1.82) is 0 Å². The van der Waals surface area contributed by atoms with Gasteiger partial charge in [0.15, 0.2) is 11.5 Å². The van der Waals surface area contributed by atoms with Crippen LogP contribution in [0.2, 0.25) is 0 Å². The molecule has 0 radical (unpaired) electrons. The van der Waals surface area contributed by atoms with Crippen LogP contribution in [-0.4, -0.2) is 45.5 Å². The van der Waals surface area contributed by atoms with Gasteiger partial charge in [0.1, 0.15) is 5.82 Å². The van der Waals surface area contributed by atoms with E-state index < -0.39 is 0 Å². The minimum absolute atomic E-state index is 0. The van der Waals surface area contributed by atoms with Gasteiger partial charge in [0.25, 0.3) is 0 Å². The van der Waals surface area contributed by atoms with Crippen LogP contribution in [0.5, 0.6) is 0 Å². The van der Waals surface area contributed by atoms with Crippen LogP contribution in [0.25, 0.3) is 11.0 Å². The number of hydrogen-bond donors (Lipinski definition) is 1. The van der Waals surface area contributed by atoms with Crippen LogP contribution in [-0.2, 0) is 0 Å². The molecule has 1 fully saturated rings. The first kappa shape index (κ1) is 17.0. The Kier molecular flexibility index (Phi) is 5.76. The Morgan fingerprint density at radius 3 is 2.52 bits per heavy atom. The summed E-state index contributed by atoms with van der Waals surface area (Å²) in [5.41, 5.74) is 1.69. The average molecular weight is 380 g/mol. The number of nitrogens with zero attached hydrogens (tertiary/aromatic N) is 6. The van der Waals surface area contributed by atoms with Crippen LogP contribution < -0.4 is 68.4 Å². The first-order valence-corrected chi connectivity index (χ1v) is 7.29. The standard InChI is InChI=1S/C15H16N7.Rb/c1-2-13(21-7-3-16-4-8-21)19-11-12(1)20-14-15-18-6-10-22(15)9-5-17-14;/h1-2,5-6,9-11H,3-4,7-8H2,(H,17,20);/q-1;+1. The maximum atomic E-state index is 4.53. The van der Waals surface area contributed by atoms with Crippen molar-refractivity contribution in [2.75, 3.05) is 36.4 Å². The van der Waals surface area contributed by atoms with Gasteiger partial charge in [0.05, 0.1) is 11.9 Å². The van der Waals surface area contributed by atoms with Gasteiger partial charge < -0.3 is 19.9 Å². The van der Waals surface area contributed by atoms with Crippen LogP contribution in [0.15, 0.2) is 43.1 Å². The van der Waals surface area contributed by atoms with Crippen LogP contribution in [0.3, 0.4) is 0 Å². The summed E-state index contributed by atoms with van der Waals surface area (Å²) in [6.07, 6.45) is 9.09. The van der Waals surface area contributed by atoms with Gasteiger partial charge in [0, 0.05) is 37.9 Å². The summed E-state index contributed by atoms with van der Waals surface area (Å²) in [6.45, 7) is 3.64.